The highest BCUT2D eigenvalue weighted by molar-refractivity contribution is 9.10. The van der Waals surface area contributed by atoms with Crippen molar-refractivity contribution < 1.29 is 9.53 Å². The number of carbonyl (C=O) groups is 1. The van der Waals surface area contributed by atoms with Gasteiger partial charge in [0.2, 0.25) is 5.91 Å². The number of amides is 1. The second-order valence-corrected chi connectivity index (χ2v) is 6.59. The highest BCUT2D eigenvalue weighted by atomic mass is 79.9. The molecule has 0 bridgehead atoms. The number of methoxy groups -OCH3 is 1. The molecule has 1 aromatic rings. The molecule has 4 nitrogen and oxygen atoms in total. The third-order valence-electron chi connectivity index (χ3n) is 4.37. The molecule has 21 heavy (non-hydrogen) atoms. The second-order valence-electron chi connectivity index (χ2n) is 5.68. The number of hydrogen-bond donors (Lipinski definition) is 1. The van der Waals surface area contributed by atoms with Gasteiger partial charge in [0.05, 0.1) is 12.5 Å². The molecule has 116 valence electrons. The molecule has 1 aromatic carbocycles. The van der Waals surface area contributed by atoms with E-state index >= 15 is 0 Å². The summed E-state index contributed by atoms with van der Waals surface area (Å²) < 4.78 is 6.38. The molecule has 1 aliphatic heterocycles. The molecule has 1 atom stereocenters. The van der Waals surface area contributed by atoms with Gasteiger partial charge >= 0.3 is 0 Å². The largest absolute Gasteiger partial charge is 0.496 e. The first-order valence-electron chi connectivity index (χ1n) is 7.31. The Morgan fingerprint density at radius 2 is 2.29 bits per heavy atom. The number of hydrogen-bond acceptors (Lipinski definition) is 3. The van der Waals surface area contributed by atoms with Gasteiger partial charge in [0.15, 0.2) is 0 Å². The zero-order valence-corrected chi connectivity index (χ0v) is 14.5. The van der Waals surface area contributed by atoms with Crippen molar-refractivity contribution in [3.8, 4) is 5.75 Å². The normalized spacial score (nSPS) is 21.3. The Labute approximate surface area is 135 Å². The quantitative estimate of drug-likeness (QED) is 0.883. The molecule has 1 aliphatic rings. The molecule has 0 aromatic heterocycles. The fourth-order valence-corrected chi connectivity index (χ4v) is 3.39. The lowest BCUT2D eigenvalue weighted by atomic mass is 9.82. The molecule has 0 radical (unpaired) electrons. The van der Waals surface area contributed by atoms with Gasteiger partial charge in [0, 0.05) is 30.2 Å². The minimum absolute atomic E-state index is 0.219. The van der Waals surface area contributed by atoms with Crippen LogP contribution in [0.25, 0.3) is 0 Å². The molecule has 0 spiro atoms. The Morgan fingerprint density at radius 1 is 1.52 bits per heavy atom. The summed E-state index contributed by atoms with van der Waals surface area (Å²) in [7, 11) is 3.53. The van der Waals surface area contributed by atoms with Gasteiger partial charge in [-0.3, -0.25) is 4.79 Å². The van der Waals surface area contributed by atoms with Gasteiger partial charge in [0.25, 0.3) is 0 Å². The lowest BCUT2D eigenvalue weighted by molar-refractivity contribution is -0.140. The van der Waals surface area contributed by atoms with Crippen LogP contribution < -0.4 is 10.1 Å². The fourth-order valence-electron chi connectivity index (χ4n) is 2.98. The van der Waals surface area contributed by atoms with E-state index in [0.29, 0.717) is 6.54 Å². The molecule has 1 fully saturated rings. The Balaban J connectivity index is 2.15. The molecule has 1 amide bonds. The van der Waals surface area contributed by atoms with Crippen LogP contribution in [0.2, 0.25) is 0 Å². The molecule has 0 saturated carbocycles. The average Bonchev–Trinajstić information content (AvgIpc) is 2.96. The summed E-state index contributed by atoms with van der Waals surface area (Å²) in [6.07, 6.45) is 1.79. The first kappa shape index (κ1) is 16.3. The molecule has 1 N–H and O–H groups in total. The number of rotatable bonds is 5. The zero-order valence-electron chi connectivity index (χ0n) is 12.9. The van der Waals surface area contributed by atoms with Crippen LogP contribution in [0.5, 0.6) is 5.75 Å². The maximum Gasteiger partial charge on any atom is 0.230 e. The number of halogens is 1. The van der Waals surface area contributed by atoms with Crippen LogP contribution in [0.1, 0.15) is 25.3 Å². The molecule has 0 aliphatic carbocycles. The number of nitrogens with one attached hydrogen (secondary N) is 1. The lowest BCUT2D eigenvalue weighted by Crippen LogP contribution is -2.42. The predicted molar refractivity (Wildman–Crippen MR) is 87.4 cm³/mol. The van der Waals surface area contributed by atoms with Crippen molar-refractivity contribution in [2.45, 2.75) is 26.3 Å². The van der Waals surface area contributed by atoms with E-state index in [1.807, 2.05) is 30.1 Å². The van der Waals surface area contributed by atoms with Crippen LogP contribution in [0.15, 0.2) is 22.7 Å². The summed E-state index contributed by atoms with van der Waals surface area (Å²) in [6.45, 7) is 4.36. The highest BCUT2D eigenvalue weighted by Crippen LogP contribution is 2.32. The minimum Gasteiger partial charge on any atom is -0.496 e. The first-order chi connectivity index (χ1) is 10.0. The van der Waals surface area contributed by atoms with Gasteiger partial charge in [-0.05, 0) is 37.6 Å². The molecular formula is C16H23BrN2O2. The molecule has 1 saturated heterocycles. The summed E-state index contributed by atoms with van der Waals surface area (Å²) in [5.41, 5.74) is 0.772. The molecule has 5 heteroatoms. The summed E-state index contributed by atoms with van der Waals surface area (Å²) >= 11 is 3.47. The summed E-state index contributed by atoms with van der Waals surface area (Å²) in [5, 5.41) is 3.32. The van der Waals surface area contributed by atoms with Crippen LogP contribution in [0.4, 0.5) is 0 Å². The van der Waals surface area contributed by atoms with E-state index in [2.05, 4.69) is 28.2 Å². The van der Waals surface area contributed by atoms with E-state index in [1.54, 1.807) is 7.11 Å². The van der Waals surface area contributed by atoms with E-state index in [-0.39, 0.29) is 11.3 Å². The van der Waals surface area contributed by atoms with Crippen LogP contribution >= 0.6 is 15.9 Å². The Morgan fingerprint density at radius 3 is 2.86 bits per heavy atom. The minimum atomic E-state index is -0.242. The summed E-state index contributed by atoms with van der Waals surface area (Å²) in [5.74, 6) is 1.03. The van der Waals surface area contributed by atoms with E-state index in [0.717, 1.165) is 41.7 Å². The topological polar surface area (TPSA) is 41.6 Å². The van der Waals surface area contributed by atoms with Crippen molar-refractivity contribution in [3.63, 3.8) is 0 Å². The highest BCUT2D eigenvalue weighted by Gasteiger charge is 2.41. The van der Waals surface area contributed by atoms with Crippen molar-refractivity contribution in [2.75, 3.05) is 27.2 Å². The number of ether oxygens (including phenoxy) is 1. The van der Waals surface area contributed by atoms with E-state index in [1.165, 1.54) is 0 Å². The van der Waals surface area contributed by atoms with Crippen molar-refractivity contribution in [3.05, 3.63) is 28.2 Å². The van der Waals surface area contributed by atoms with Gasteiger partial charge in [-0.1, -0.05) is 22.9 Å². The summed E-state index contributed by atoms with van der Waals surface area (Å²) in [6, 6.07) is 5.87. The Kier molecular flexibility index (Phi) is 5.27. The van der Waals surface area contributed by atoms with E-state index in [4.69, 9.17) is 4.74 Å². The van der Waals surface area contributed by atoms with Crippen LogP contribution in [-0.4, -0.2) is 38.1 Å². The van der Waals surface area contributed by atoms with Crippen LogP contribution in [0, 0.1) is 5.41 Å². The third-order valence-corrected chi connectivity index (χ3v) is 4.86. The van der Waals surface area contributed by atoms with Crippen LogP contribution in [-0.2, 0) is 11.3 Å². The van der Waals surface area contributed by atoms with Gasteiger partial charge < -0.3 is 15.0 Å². The van der Waals surface area contributed by atoms with Crippen molar-refractivity contribution >= 4 is 21.8 Å². The number of nitrogens with zero attached hydrogens (tertiary/aromatic N) is 1. The standard InChI is InChI=1S/C16H23BrN2O2/c1-4-16(7-8-18-11-16)15(20)19(2)10-12-9-13(17)5-6-14(12)21-3/h5-6,9,18H,4,7-8,10-11H2,1-3H3. The Hall–Kier alpha value is -1.07. The first-order valence-corrected chi connectivity index (χ1v) is 8.10. The monoisotopic (exact) mass is 354 g/mol. The van der Waals surface area contributed by atoms with Crippen LogP contribution in [0.3, 0.4) is 0 Å². The third kappa shape index (κ3) is 3.40. The zero-order chi connectivity index (χ0) is 15.5. The number of carbonyl (C=O) groups excluding carboxylic acids is 1. The SMILES string of the molecule is CCC1(C(=O)N(C)Cc2cc(Br)ccc2OC)CCNC1. The van der Waals surface area contributed by atoms with E-state index in [9.17, 15) is 4.79 Å². The number of benzene rings is 1. The average molecular weight is 355 g/mol. The molecule has 1 heterocycles. The maximum atomic E-state index is 12.8. The molecule has 1 unspecified atom stereocenters. The molecular weight excluding hydrogens is 332 g/mol. The Bertz CT molecular complexity index is 513. The fraction of sp³-hybridized carbons (Fsp3) is 0.562. The van der Waals surface area contributed by atoms with Gasteiger partial charge in [-0.15, -0.1) is 0 Å². The molecule has 2 rings (SSSR count). The lowest BCUT2D eigenvalue weighted by Gasteiger charge is -2.31. The van der Waals surface area contributed by atoms with Gasteiger partial charge in [-0.2, -0.15) is 0 Å². The smallest absolute Gasteiger partial charge is 0.230 e. The van der Waals surface area contributed by atoms with E-state index < -0.39 is 0 Å². The van der Waals surface area contributed by atoms with Crippen molar-refractivity contribution in [1.29, 1.82) is 0 Å². The van der Waals surface area contributed by atoms with Crippen molar-refractivity contribution in [1.82, 2.24) is 10.2 Å². The predicted octanol–water partition coefficient (Wildman–Crippen LogP) is 2.81. The maximum absolute atomic E-state index is 12.8. The van der Waals surface area contributed by atoms with Crippen molar-refractivity contribution in [2.24, 2.45) is 5.41 Å². The second kappa shape index (κ2) is 6.79. The van der Waals surface area contributed by atoms with Gasteiger partial charge in [0.1, 0.15) is 5.75 Å². The summed E-state index contributed by atoms with van der Waals surface area (Å²) in [4.78, 5) is 14.6. The van der Waals surface area contributed by atoms with Gasteiger partial charge in [-0.25, -0.2) is 0 Å².